The second-order valence-corrected chi connectivity index (χ2v) is 10.3. The normalized spacial score (nSPS) is 19.4. The summed E-state index contributed by atoms with van der Waals surface area (Å²) >= 11 is 0. The number of piperidine rings is 1. The highest BCUT2D eigenvalue weighted by Gasteiger charge is 2.48. The van der Waals surface area contributed by atoms with Gasteiger partial charge in [-0.15, -0.1) is 15.0 Å². The molecule has 0 unspecified atom stereocenters. The van der Waals surface area contributed by atoms with Crippen molar-refractivity contribution in [3.05, 3.63) is 39.8 Å². The molecule has 4 heterocycles. The maximum Gasteiger partial charge on any atom is 0.410 e. The van der Waals surface area contributed by atoms with Gasteiger partial charge in [0.15, 0.2) is 11.2 Å². The summed E-state index contributed by atoms with van der Waals surface area (Å²) in [5.74, 6) is 0.628. The van der Waals surface area contributed by atoms with Crippen LogP contribution in [0.25, 0.3) is 16.9 Å². The van der Waals surface area contributed by atoms with Crippen LogP contribution in [-0.2, 0) is 10.2 Å². The number of hydrogen-bond donors (Lipinski definition) is 1. The monoisotopic (exact) mass is 466 g/mol. The zero-order valence-corrected chi connectivity index (χ0v) is 20.2. The second kappa shape index (κ2) is 7.82. The number of nitrogens with zero attached hydrogens (tertiary/aromatic N) is 5. The first-order valence-corrected chi connectivity index (χ1v) is 11.6. The standard InChI is InChI=1S/C24H30N6O4/c1-14-13-24(7-10-29(11-8-24)22(32)34-23(2,3)4)17-18(14)26-21-19(20(17)31)27-30(28-21)15-6-9-25-16(12-15)33-5/h6,9,12,14H,7-8,10-11,13H2,1-5H3,(H,26,28)/t14-/m1/s1. The van der Waals surface area contributed by atoms with Crippen LogP contribution in [0.3, 0.4) is 0 Å². The molecular formula is C24H30N6O4. The number of carbonyl (C=O) groups excluding carboxylic acids is 1. The highest BCUT2D eigenvalue weighted by Crippen LogP contribution is 2.49. The van der Waals surface area contributed by atoms with E-state index < -0.39 is 5.60 Å². The van der Waals surface area contributed by atoms with Gasteiger partial charge in [-0.05, 0) is 52.0 Å². The topological polar surface area (TPSA) is 115 Å². The van der Waals surface area contributed by atoms with Gasteiger partial charge in [0, 0.05) is 42.0 Å². The van der Waals surface area contributed by atoms with Gasteiger partial charge in [0.1, 0.15) is 5.60 Å². The van der Waals surface area contributed by atoms with E-state index in [1.165, 1.54) is 4.80 Å². The van der Waals surface area contributed by atoms with E-state index >= 15 is 0 Å². The minimum atomic E-state index is -0.534. The van der Waals surface area contributed by atoms with Crippen molar-refractivity contribution in [1.29, 1.82) is 0 Å². The smallest absolute Gasteiger partial charge is 0.410 e. The first kappa shape index (κ1) is 22.4. The molecule has 5 rings (SSSR count). The number of amides is 1. The van der Waals surface area contributed by atoms with Gasteiger partial charge in [-0.1, -0.05) is 6.92 Å². The quantitative estimate of drug-likeness (QED) is 0.616. The van der Waals surface area contributed by atoms with Crippen molar-refractivity contribution in [1.82, 2.24) is 29.9 Å². The van der Waals surface area contributed by atoms with E-state index in [-0.39, 0.29) is 22.9 Å². The summed E-state index contributed by atoms with van der Waals surface area (Å²) in [5, 5.41) is 9.05. The van der Waals surface area contributed by atoms with E-state index in [0.29, 0.717) is 48.7 Å². The lowest BCUT2D eigenvalue weighted by molar-refractivity contribution is 0.0162. The minimum Gasteiger partial charge on any atom is -0.481 e. The lowest BCUT2D eigenvalue weighted by Gasteiger charge is -2.40. The van der Waals surface area contributed by atoms with Gasteiger partial charge in [0.05, 0.1) is 12.8 Å². The van der Waals surface area contributed by atoms with Crippen molar-refractivity contribution in [3.8, 4) is 11.6 Å². The summed E-state index contributed by atoms with van der Waals surface area (Å²) in [6, 6.07) is 3.48. The Kier molecular flexibility index (Phi) is 5.14. The molecule has 1 spiro atoms. The molecule has 10 nitrogen and oxygen atoms in total. The summed E-state index contributed by atoms with van der Waals surface area (Å²) in [7, 11) is 1.54. The number of nitrogens with one attached hydrogen (secondary N) is 1. The summed E-state index contributed by atoms with van der Waals surface area (Å²) in [6.07, 6.45) is 3.61. The Morgan fingerprint density at radius 1 is 1.24 bits per heavy atom. The highest BCUT2D eigenvalue weighted by atomic mass is 16.6. The Morgan fingerprint density at radius 3 is 2.65 bits per heavy atom. The fraction of sp³-hybridized carbons (Fsp3) is 0.542. The predicted octanol–water partition coefficient (Wildman–Crippen LogP) is 3.29. The zero-order valence-electron chi connectivity index (χ0n) is 20.2. The summed E-state index contributed by atoms with van der Waals surface area (Å²) in [4.78, 5) is 37.0. The number of methoxy groups -OCH3 is 1. The van der Waals surface area contributed by atoms with Crippen molar-refractivity contribution in [2.45, 2.75) is 63.9 Å². The molecule has 10 heteroatoms. The van der Waals surface area contributed by atoms with Gasteiger partial charge in [-0.2, -0.15) is 0 Å². The Labute approximate surface area is 197 Å². The van der Waals surface area contributed by atoms with Gasteiger partial charge in [-0.3, -0.25) is 4.79 Å². The third kappa shape index (κ3) is 3.70. The molecule has 0 aromatic carbocycles. The Bertz CT molecular complexity index is 1310. The van der Waals surface area contributed by atoms with Crippen LogP contribution >= 0.6 is 0 Å². The summed E-state index contributed by atoms with van der Waals surface area (Å²) in [5.41, 5.74) is 2.29. The third-order valence-corrected chi connectivity index (χ3v) is 6.83. The van der Waals surface area contributed by atoms with Crippen molar-refractivity contribution < 1.29 is 14.3 Å². The molecule has 34 heavy (non-hydrogen) atoms. The fourth-order valence-corrected chi connectivity index (χ4v) is 5.31. The highest BCUT2D eigenvalue weighted by molar-refractivity contribution is 5.72. The number of pyridine rings is 2. The van der Waals surface area contributed by atoms with Gasteiger partial charge < -0.3 is 19.4 Å². The maximum absolute atomic E-state index is 13.7. The number of aromatic nitrogens is 5. The lowest BCUT2D eigenvalue weighted by Crippen LogP contribution is -2.47. The van der Waals surface area contributed by atoms with Crippen LogP contribution in [0, 0.1) is 0 Å². The van der Waals surface area contributed by atoms with Crippen LogP contribution in [0.5, 0.6) is 5.88 Å². The van der Waals surface area contributed by atoms with Crippen molar-refractivity contribution >= 4 is 17.3 Å². The molecule has 1 fully saturated rings. The molecule has 0 saturated carbocycles. The number of H-pyrrole nitrogens is 1. The number of rotatable bonds is 2. The fourth-order valence-electron chi connectivity index (χ4n) is 5.31. The lowest BCUT2D eigenvalue weighted by atomic mass is 9.73. The largest absolute Gasteiger partial charge is 0.481 e. The number of hydrogen-bond acceptors (Lipinski definition) is 7. The third-order valence-electron chi connectivity index (χ3n) is 6.83. The van der Waals surface area contributed by atoms with Gasteiger partial charge in [0.25, 0.3) is 0 Å². The first-order chi connectivity index (χ1) is 16.1. The van der Waals surface area contributed by atoms with E-state index in [9.17, 15) is 9.59 Å². The molecule has 3 aromatic heterocycles. The zero-order chi connectivity index (χ0) is 24.3. The molecule has 1 aliphatic carbocycles. The number of carbonyl (C=O) groups is 1. The average molecular weight is 467 g/mol. The van der Waals surface area contributed by atoms with Crippen LogP contribution in [0.2, 0.25) is 0 Å². The van der Waals surface area contributed by atoms with Gasteiger partial charge in [0.2, 0.25) is 11.3 Å². The minimum absolute atomic E-state index is 0.0777. The van der Waals surface area contributed by atoms with Crippen molar-refractivity contribution in [2.24, 2.45) is 0 Å². The molecule has 2 aliphatic rings. The van der Waals surface area contributed by atoms with Gasteiger partial charge >= 0.3 is 6.09 Å². The number of fused-ring (bicyclic) bond motifs is 3. The van der Waals surface area contributed by atoms with E-state index in [1.807, 2.05) is 20.8 Å². The SMILES string of the molecule is COc1cc(-n2nc3[nH]c4c(c(=O)c3n2)C2(CCN(C(=O)OC(C)(C)C)CC2)C[C@H]4C)ccn1. The summed E-state index contributed by atoms with van der Waals surface area (Å²) < 4.78 is 10.7. The van der Waals surface area contributed by atoms with E-state index in [0.717, 1.165) is 17.7 Å². The maximum atomic E-state index is 13.7. The van der Waals surface area contributed by atoms with Crippen LogP contribution in [0.1, 0.15) is 64.1 Å². The molecule has 1 N–H and O–H groups in total. The van der Waals surface area contributed by atoms with Crippen LogP contribution in [0.15, 0.2) is 23.1 Å². The molecule has 1 aliphatic heterocycles. The molecule has 1 atom stereocenters. The number of aromatic amines is 1. The number of likely N-dealkylation sites (tertiary alicyclic amines) is 1. The van der Waals surface area contributed by atoms with Crippen LogP contribution in [0.4, 0.5) is 4.79 Å². The van der Waals surface area contributed by atoms with E-state index in [4.69, 9.17) is 9.47 Å². The molecule has 1 amide bonds. The Morgan fingerprint density at radius 2 is 1.97 bits per heavy atom. The van der Waals surface area contributed by atoms with E-state index in [2.05, 4.69) is 27.1 Å². The van der Waals surface area contributed by atoms with Crippen molar-refractivity contribution in [3.63, 3.8) is 0 Å². The Balaban J connectivity index is 1.49. The second-order valence-electron chi connectivity index (χ2n) is 10.3. The molecule has 1 saturated heterocycles. The molecule has 180 valence electrons. The average Bonchev–Trinajstić information content (AvgIpc) is 3.33. The Hall–Kier alpha value is -3.43. The van der Waals surface area contributed by atoms with Gasteiger partial charge in [-0.25, -0.2) is 9.78 Å². The molecule has 0 radical (unpaired) electrons. The molecule has 3 aromatic rings. The van der Waals surface area contributed by atoms with Crippen LogP contribution in [-0.4, -0.2) is 61.8 Å². The van der Waals surface area contributed by atoms with Crippen molar-refractivity contribution in [2.75, 3.05) is 20.2 Å². The number of ether oxygens (including phenoxy) is 2. The predicted molar refractivity (Wildman–Crippen MR) is 126 cm³/mol. The molecular weight excluding hydrogens is 436 g/mol. The molecule has 0 bridgehead atoms. The van der Waals surface area contributed by atoms with Crippen LogP contribution < -0.4 is 10.2 Å². The first-order valence-electron chi connectivity index (χ1n) is 11.6. The van der Waals surface area contributed by atoms with E-state index in [1.54, 1.807) is 30.3 Å². The summed E-state index contributed by atoms with van der Waals surface area (Å²) in [6.45, 7) is 8.85.